The number of fused-ring (bicyclic) bond motifs is 1. The number of carbonyl (C=O) groups excluding carboxylic acids is 1. The van der Waals surface area contributed by atoms with Crippen LogP contribution in [0.1, 0.15) is 29.9 Å². The van der Waals surface area contributed by atoms with Gasteiger partial charge in [0.1, 0.15) is 25.4 Å². The van der Waals surface area contributed by atoms with E-state index >= 15 is 0 Å². The molecule has 0 saturated carbocycles. The van der Waals surface area contributed by atoms with Crippen molar-refractivity contribution in [1.29, 1.82) is 0 Å². The van der Waals surface area contributed by atoms with Crippen molar-refractivity contribution in [3.05, 3.63) is 65.7 Å². The lowest BCUT2D eigenvalue weighted by atomic mass is 10.0. The molecule has 1 aromatic heterocycles. The van der Waals surface area contributed by atoms with E-state index in [2.05, 4.69) is 25.8 Å². The van der Waals surface area contributed by atoms with Crippen LogP contribution >= 0.6 is 0 Å². The van der Waals surface area contributed by atoms with Crippen LogP contribution in [0.25, 0.3) is 0 Å². The standard InChI is InChI=1S/C21H20F3N5O3/c1-12(20(30)28-15-5-6-16-17(10-15)32-8-7-31-16)27-18(19-25-11-26-29-19)13-3-2-4-14(9-13)21(22,23)24/h2-6,9-12,18,27H,7-8H2,1H3,(H,28,30)(H,25,26,29). The summed E-state index contributed by atoms with van der Waals surface area (Å²) in [6, 6.07) is 8.27. The topological polar surface area (TPSA) is 101 Å². The average molecular weight is 447 g/mol. The molecule has 8 nitrogen and oxygen atoms in total. The third-order valence-corrected chi connectivity index (χ3v) is 4.87. The number of nitrogens with one attached hydrogen (secondary N) is 3. The highest BCUT2D eigenvalue weighted by molar-refractivity contribution is 5.94. The van der Waals surface area contributed by atoms with Gasteiger partial charge < -0.3 is 14.8 Å². The van der Waals surface area contributed by atoms with Crippen LogP contribution < -0.4 is 20.1 Å². The molecule has 3 aromatic rings. The van der Waals surface area contributed by atoms with Crippen LogP contribution in [-0.2, 0) is 11.0 Å². The normalized spacial score (nSPS) is 15.1. The van der Waals surface area contributed by atoms with Crippen molar-refractivity contribution in [2.24, 2.45) is 0 Å². The first-order valence-electron chi connectivity index (χ1n) is 9.80. The summed E-state index contributed by atoms with van der Waals surface area (Å²) in [4.78, 5) is 16.8. The third kappa shape index (κ3) is 4.83. The maximum Gasteiger partial charge on any atom is 0.416 e. The quantitative estimate of drug-likeness (QED) is 0.536. The second kappa shape index (κ2) is 8.87. The molecule has 3 N–H and O–H groups in total. The second-order valence-corrected chi connectivity index (χ2v) is 7.16. The van der Waals surface area contributed by atoms with Gasteiger partial charge in [-0.1, -0.05) is 12.1 Å². The van der Waals surface area contributed by atoms with Crippen LogP contribution in [0, 0.1) is 0 Å². The summed E-state index contributed by atoms with van der Waals surface area (Å²) in [5, 5.41) is 12.2. The monoisotopic (exact) mass is 447 g/mol. The molecule has 11 heteroatoms. The molecule has 1 aliphatic rings. The molecular weight excluding hydrogens is 427 g/mol. The van der Waals surface area contributed by atoms with Gasteiger partial charge in [-0.25, -0.2) is 4.98 Å². The molecular formula is C21H20F3N5O3. The van der Waals surface area contributed by atoms with Crippen molar-refractivity contribution in [3.63, 3.8) is 0 Å². The first-order chi connectivity index (χ1) is 15.3. The number of ether oxygens (including phenoxy) is 2. The molecule has 0 fully saturated rings. The summed E-state index contributed by atoms with van der Waals surface area (Å²) < 4.78 is 50.5. The number of nitrogens with zero attached hydrogens (tertiary/aromatic N) is 2. The van der Waals surface area contributed by atoms with Gasteiger partial charge in [-0.3, -0.25) is 15.2 Å². The molecule has 0 saturated heterocycles. The van der Waals surface area contributed by atoms with Gasteiger partial charge in [0.25, 0.3) is 0 Å². The van der Waals surface area contributed by atoms with E-state index in [1.807, 2.05) is 0 Å². The van der Waals surface area contributed by atoms with Gasteiger partial charge in [-0.15, -0.1) is 0 Å². The van der Waals surface area contributed by atoms with Gasteiger partial charge in [-0.05, 0) is 36.8 Å². The molecule has 0 spiro atoms. The maximum atomic E-state index is 13.2. The Hall–Kier alpha value is -3.60. The number of amides is 1. The number of anilines is 1. The Morgan fingerprint density at radius 1 is 1.12 bits per heavy atom. The number of aromatic nitrogens is 3. The van der Waals surface area contributed by atoms with E-state index in [1.54, 1.807) is 25.1 Å². The van der Waals surface area contributed by atoms with Crippen LogP contribution in [0.4, 0.5) is 18.9 Å². The van der Waals surface area contributed by atoms with Gasteiger partial charge in [0.15, 0.2) is 11.5 Å². The number of carbonyl (C=O) groups is 1. The zero-order chi connectivity index (χ0) is 22.7. The highest BCUT2D eigenvalue weighted by atomic mass is 19.4. The van der Waals surface area contributed by atoms with Crippen LogP contribution in [0.2, 0.25) is 0 Å². The molecule has 0 bridgehead atoms. The minimum absolute atomic E-state index is 0.281. The van der Waals surface area contributed by atoms with Crippen molar-refractivity contribution < 1.29 is 27.4 Å². The van der Waals surface area contributed by atoms with E-state index in [9.17, 15) is 18.0 Å². The summed E-state index contributed by atoms with van der Waals surface area (Å²) in [5.74, 6) is 1.01. The van der Waals surface area contributed by atoms with E-state index in [0.717, 1.165) is 12.1 Å². The van der Waals surface area contributed by atoms with Gasteiger partial charge in [-0.2, -0.15) is 18.3 Å². The zero-order valence-electron chi connectivity index (χ0n) is 16.9. The van der Waals surface area contributed by atoms with E-state index in [-0.39, 0.29) is 11.4 Å². The molecule has 2 atom stereocenters. The SMILES string of the molecule is CC(NC(c1cccc(C(F)(F)F)c1)c1ncn[nH]1)C(=O)Nc1ccc2c(c1)OCCO2. The fourth-order valence-electron chi connectivity index (χ4n) is 3.28. The zero-order valence-corrected chi connectivity index (χ0v) is 16.9. The van der Waals surface area contributed by atoms with Crippen molar-refractivity contribution >= 4 is 11.6 Å². The van der Waals surface area contributed by atoms with Crippen LogP contribution in [0.5, 0.6) is 11.5 Å². The molecule has 2 aromatic carbocycles. The van der Waals surface area contributed by atoms with Crippen LogP contribution in [0.15, 0.2) is 48.8 Å². The molecule has 0 aliphatic carbocycles. The lowest BCUT2D eigenvalue weighted by Gasteiger charge is -2.23. The minimum Gasteiger partial charge on any atom is -0.486 e. The van der Waals surface area contributed by atoms with E-state index in [0.29, 0.717) is 30.4 Å². The van der Waals surface area contributed by atoms with E-state index in [1.165, 1.54) is 18.5 Å². The fourth-order valence-corrected chi connectivity index (χ4v) is 3.28. The summed E-state index contributed by atoms with van der Waals surface area (Å²) in [6.45, 7) is 2.47. The lowest BCUT2D eigenvalue weighted by Crippen LogP contribution is -2.41. The number of alkyl halides is 3. The number of rotatable bonds is 6. The van der Waals surface area contributed by atoms with E-state index < -0.39 is 29.7 Å². The molecule has 0 radical (unpaired) electrons. The Labute approximate surface area is 181 Å². The second-order valence-electron chi connectivity index (χ2n) is 7.16. The highest BCUT2D eigenvalue weighted by Crippen LogP contribution is 2.33. The van der Waals surface area contributed by atoms with Crippen molar-refractivity contribution in [2.45, 2.75) is 25.2 Å². The molecule has 4 rings (SSSR count). The maximum absolute atomic E-state index is 13.2. The van der Waals surface area contributed by atoms with Gasteiger partial charge in [0, 0.05) is 11.8 Å². The van der Waals surface area contributed by atoms with Crippen molar-refractivity contribution in [3.8, 4) is 11.5 Å². The number of hydrogen-bond acceptors (Lipinski definition) is 6. The Morgan fingerprint density at radius 2 is 1.91 bits per heavy atom. The van der Waals surface area contributed by atoms with Gasteiger partial charge in [0.2, 0.25) is 5.91 Å². The molecule has 1 amide bonds. The molecule has 32 heavy (non-hydrogen) atoms. The number of benzene rings is 2. The van der Waals surface area contributed by atoms with Crippen LogP contribution in [0.3, 0.4) is 0 Å². The largest absolute Gasteiger partial charge is 0.486 e. The Balaban J connectivity index is 1.52. The van der Waals surface area contributed by atoms with E-state index in [4.69, 9.17) is 9.47 Å². The van der Waals surface area contributed by atoms with Gasteiger partial charge >= 0.3 is 6.18 Å². The Bertz CT molecular complexity index is 1090. The summed E-state index contributed by atoms with van der Waals surface area (Å²) in [5.41, 5.74) is -0.00608. The number of aromatic amines is 1. The number of halogens is 3. The molecule has 1 aliphatic heterocycles. The Morgan fingerprint density at radius 3 is 2.62 bits per heavy atom. The first kappa shape index (κ1) is 21.6. The Kier molecular flexibility index (Phi) is 5.99. The summed E-state index contributed by atoms with van der Waals surface area (Å²) in [7, 11) is 0. The molecule has 168 valence electrons. The summed E-state index contributed by atoms with van der Waals surface area (Å²) in [6.07, 6.45) is -3.25. The number of hydrogen-bond donors (Lipinski definition) is 3. The fraction of sp³-hybridized carbons (Fsp3) is 0.286. The smallest absolute Gasteiger partial charge is 0.416 e. The molecule has 2 unspecified atom stereocenters. The van der Waals surface area contributed by atoms with Gasteiger partial charge in [0.05, 0.1) is 17.6 Å². The lowest BCUT2D eigenvalue weighted by molar-refractivity contribution is -0.137. The first-order valence-corrected chi connectivity index (χ1v) is 9.80. The minimum atomic E-state index is -4.50. The predicted molar refractivity (Wildman–Crippen MR) is 108 cm³/mol. The predicted octanol–water partition coefficient (Wildman–Crippen LogP) is 3.30. The number of H-pyrrole nitrogens is 1. The van der Waals surface area contributed by atoms with Crippen LogP contribution in [-0.4, -0.2) is 40.3 Å². The molecule has 2 heterocycles. The van der Waals surface area contributed by atoms with Crippen molar-refractivity contribution in [2.75, 3.05) is 18.5 Å². The highest BCUT2D eigenvalue weighted by Gasteiger charge is 2.32. The van der Waals surface area contributed by atoms with Crippen molar-refractivity contribution in [1.82, 2.24) is 20.5 Å². The summed E-state index contributed by atoms with van der Waals surface area (Å²) >= 11 is 0. The average Bonchev–Trinajstić information content (AvgIpc) is 3.31. The third-order valence-electron chi connectivity index (χ3n) is 4.87.